The number of esters is 1. The Morgan fingerprint density at radius 3 is 2.62 bits per heavy atom. The molecule has 1 aromatic carbocycles. The smallest absolute Gasteiger partial charge is 0.340 e. The van der Waals surface area contributed by atoms with E-state index >= 15 is 4.39 Å². The quantitative estimate of drug-likeness (QED) is 0.669. The first-order chi connectivity index (χ1) is 15.2. The number of anilines is 1. The summed E-state index contributed by atoms with van der Waals surface area (Å²) in [5.41, 5.74) is -1.13. The van der Waals surface area contributed by atoms with Crippen molar-refractivity contribution in [3.05, 3.63) is 58.8 Å². The molecule has 4 rings (SSSR count). The van der Waals surface area contributed by atoms with Gasteiger partial charge >= 0.3 is 5.97 Å². The van der Waals surface area contributed by atoms with Crippen LogP contribution in [0, 0.1) is 11.3 Å². The SMILES string of the molecule is N#Cc1cc2c(nc1N1CCC(F)(C(=O)NS(=O)(=O)Cc3ccccc3)CC1)COC2=O. The molecule has 0 aliphatic carbocycles. The molecule has 2 aliphatic heterocycles. The van der Waals surface area contributed by atoms with E-state index in [1.807, 2.05) is 10.8 Å². The Morgan fingerprint density at radius 2 is 1.97 bits per heavy atom. The Hall–Kier alpha value is -3.52. The summed E-state index contributed by atoms with van der Waals surface area (Å²) < 4.78 is 46.7. The highest BCUT2D eigenvalue weighted by Gasteiger charge is 2.44. The van der Waals surface area contributed by atoms with E-state index in [0.29, 0.717) is 11.3 Å². The first-order valence-electron chi connectivity index (χ1n) is 9.85. The number of sulfonamides is 1. The molecule has 1 amide bonds. The second-order valence-electron chi connectivity index (χ2n) is 7.67. The normalized spacial score (nSPS) is 17.2. The Balaban J connectivity index is 1.44. The molecule has 11 heteroatoms. The third-order valence-corrected chi connectivity index (χ3v) is 6.68. The van der Waals surface area contributed by atoms with Crippen molar-refractivity contribution >= 4 is 27.7 Å². The molecular formula is C21H19FN4O5S. The molecule has 166 valence electrons. The largest absolute Gasteiger partial charge is 0.455 e. The lowest BCUT2D eigenvalue weighted by Gasteiger charge is -2.36. The van der Waals surface area contributed by atoms with Gasteiger partial charge in [-0.25, -0.2) is 22.6 Å². The van der Waals surface area contributed by atoms with Crippen molar-refractivity contribution < 1.29 is 27.1 Å². The zero-order chi connectivity index (χ0) is 22.9. The lowest BCUT2D eigenvalue weighted by molar-refractivity contribution is -0.132. The van der Waals surface area contributed by atoms with Gasteiger partial charge < -0.3 is 9.64 Å². The fraction of sp³-hybridized carbons (Fsp3) is 0.333. The van der Waals surface area contributed by atoms with Crippen LogP contribution in [0.3, 0.4) is 0 Å². The van der Waals surface area contributed by atoms with Crippen LogP contribution in [-0.4, -0.2) is 44.0 Å². The zero-order valence-corrected chi connectivity index (χ0v) is 17.7. The summed E-state index contributed by atoms with van der Waals surface area (Å²) in [4.78, 5) is 30.1. The van der Waals surface area contributed by atoms with E-state index in [-0.39, 0.29) is 49.5 Å². The summed E-state index contributed by atoms with van der Waals surface area (Å²) in [5, 5.41) is 9.43. The van der Waals surface area contributed by atoms with Crippen molar-refractivity contribution in [2.75, 3.05) is 18.0 Å². The van der Waals surface area contributed by atoms with Crippen molar-refractivity contribution in [3.8, 4) is 6.07 Å². The minimum Gasteiger partial charge on any atom is -0.455 e. The van der Waals surface area contributed by atoms with Crippen molar-refractivity contribution in [1.29, 1.82) is 5.26 Å². The van der Waals surface area contributed by atoms with Gasteiger partial charge in [0.2, 0.25) is 10.0 Å². The number of nitrogens with one attached hydrogen (secondary N) is 1. The summed E-state index contributed by atoms with van der Waals surface area (Å²) >= 11 is 0. The van der Waals surface area contributed by atoms with Gasteiger partial charge in [0.25, 0.3) is 5.91 Å². The Bertz CT molecular complexity index is 1220. The van der Waals surface area contributed by atoms with Crippen LogP contribution in [0.2, 0.25) is 0 Å². The van der Waals surface area contributed by atoms with Gasteiger partial charge in [0.05, 0.1) is 22.6 Å². The predicted octanol–water partition coefficient (Wildman–Crippen LogP) is 1.58. The van der Waals surface area contributed by atoms with Crippen LogP contribution in [-0.2, 0) is 31.9 Å². The molecule has 9 nitrogen and oxygen atoms in total. The van der Waals surface area contributed by atoms with Crippen LogP contribution in [0.4, 0.5) is 10.2 Å². The van der Waals surface area contributed by atoms with Crippen molar-refractivity contribution in [2.24, 2.45) is 0 Å². The number of benzene rings is 1. The molecule has 0 bridgehead atoms. The molecule has 0 spiro atoms. The number of cyclic esters (lactones) is 1. The van der Waals surface area contributed by atoms with Gasteiger partial charge in [-0.05, 0) is 11.6 Å². The van der Waals surface area contributed by atoms with E-state index in [1.165, 1.54) is 6.07 Å². The number of aromatic nitrogens is 1. The third kappa shape index (κ3) is 4.27. The van der Waals surface area contributed by atoms with Gasteiger partial charge in [-0.1, -0.05) is 30.3 Å². The topological polar surface area (TPSA) is 129 Å². The standard InChI is InChI=1S/C21H19FN4O5S/c22-21(20(28)25-32(29,30)13-14-4-2-1-3-5-14)6-8-26(9-7-21)18-15(11-23)10-16-17(24-18)12-31-19(16)27/h1-5,10H,6-9,12-13H2,(H,25,28). The fourth-order valence-corrected chi connectivity index (χ4v) is 4.89. The summed E-state index contributed by atoms with van der Waals surface area (Å²) in [7, 11) is -4.06. The summed E-state index contributed by atoms with van der Waals surface area (Å²) in [6.07, 6.45) is -0.558. The Kier molecular flexibility index (Phi) is 5.56. The van der Waals surface area contributed by atoms with Crippen molar-refractivity contribution in [3.63, 3.8) is 0 Å². The van der Waals surface area contributed by atoms with Crippen LogP contribution < -0.4 is 9.62 Å². The molecule has 0 saturated carbocycles. The highest BCUT2D eigenvalue weighted by atomic mass is 32.2. The van der Waals surface area contributed by atoms with Gasteiger partial charge in [-0.15, -0.1) is 0 Å². The first-order valence-corrected chi connectivity index (χ1v) is 11.5. The molecule has 0 radical (unpaired) electrons. The Labute approximate surface area is 183 Å². The molecular weight excluding hydrogens is 439 g/mol. The summed E-state index contributed by atoms with van der Waals surface area (Å²) in [6, 6.07) is 11.6. The van der Waals surface area contributed by atoms with Crippen LogP contribution in [0.15, 0.2) is 36.4 Å². The second-order valence-corrected chi connectivity index (χ2v) is 9.39. The number of piperidine rings is 1. The van der Waals surface area contributed by atoms with Gasteiger partial charge in [-0.2, -0.15) is 5.26 Å². The van der Waals surface area contributed by atoms with Crippen LogP contribution in [0.5, 0.6) is 0 Å². The number of alkyl halides is 1. The molecule has 1 N–H and O–H groups in total. The average molecular weight is 458 g/mol. The number of halogens is 1. The zero-order valence-electron chi connectivity index (χ0n) is 16.9. The van der Waals surface area contributed by atoms with Crippen LogP contribution >= 0.6 is 0 Å². The number of nitrogens with zero attached hydrogens (tertiary/aromatic N) is 3. The number of hydrogen-bond acceptors (Lipinski definition) is 8. The van der Waals surface area contributed by atoms with Crippen molar-refractivity contribution in [1.82, 2.24) is 9.71 Å². The molecule has 3 heterocycles. The number of rotatable bonds is 5. The van der Waals surface area contributed by atoms with Gasteiger partial charge in [0.15, 0.2) is 5.67 Å². The van der Waals surface area contributed by atoms with Gasteiger partial charge in [-0.3, -0.25) is 9.52 Å². The number of carbonyl (C=O) groups excluding carboxylic acids is 2. The minimum absolute atomic E-state index is 0.00452. The predicted molar refractivity (Wildman–Crippen MR) is 111 cm³/mol. The molecule has 2 aromatic rings. The molecule has 0 unspecified atom stereocenters. The second kappa shape index (κ2) is 8.20. The van der Waals surface area contributed by atoms with E-state index in [4.69, 9.17) is 4.74 Å². The monoisotopic (exact) mass is 458 g/mol. The lowest BCUT2D eigenvalue weighted by atomic mass is 9.92. The van der Waals surface area contributed by atoms with Gasteiger partial charge in [0.1, 0.15) is 18.5 Å². The molecule has 2 aliphatic rings. The maximum Gasteiger partial charge on any atom is 0.340 e. The van der Waals surface area contributed by atoms with E-state index in [9.17, 15) is 23.3 Å². The molecule has 32 heavy (non-hydrogen) atoms. The van der Waals surface area contributed by atoms with E-state index < -0.39 is 33.3 Å². The van der Waals surface area contributed by atoms with E-state index in [0.717, 1.165) is 0 Å². The van der Waals surface area contributed by atoms with E-state index in [1.54, 1.807) is 35.2 Å². The number of carbonyl (C=O) groups is 2. The van der Waals surface area contributed by atoms with E-state index in [2.05, 4.69) is 4.98 Å². The first kappa shape index (κ1) is 21.7. The summed E-state index contributed by atoms with van der Waals surface area (Å²) in [5.74, 6) is -1.91. The molecule has 1 fully saturated rings. The highest BCUT2D eigenvalue weighted by Crippen LogP contribution is 2.32. The number of nitriles is 1. The molecule has 1 saturated heterocycles. The maximum atomic E-state index is 15.3. The summed E-state index contributed by atoms with van der Waals surface area (Å²) in [6.45, 7) is 0.0747. The van der Waals surface area contributed by atoms with Crippen molar-refractivity contribution in [2.45, 2.75) is 30.9 Å². The van der Waals surface area contributed by atoms with Gasteiger partial charge in [0, 0.05) is 25.9 Å². The Morgan fingerprint density at radius 1 is 1.28 bits per heavy atom. The minimum atomic E-state index is -4.06. The van der Waals surface area contributed by atoms with Crippen LogP contribution in [0.1, 0.15) is 40.0 Å². The number of hydrogen-bond donors (Lipinski definition) is 1. The molecule has 1 aromatic heterocycles. The number of amides is 1. The third-order valence-electron chi connectivity index (χ3n) is 5.47. The maximum absolute atomic E-state index is 15.3. The van der Waals surface area contributed by atoms with Crippen LogP contribution in [0.25, 0.3) is 0 Å². The molecule has 0 atom stereocenters. The number of fused-ring (bicyclic) bond motifs is 1. The number of pyridine rings is 1. The lowest BCUT2D eigenvalue weighted by Crippen LogP contribution is -2.52. The number of ether oxygens (including phenoxy) is 1. The fourth-order valence-electron chi connectivity index (χ4n) is 3.72. The average Bonchev–Trinajstić information content (AvgIpc) is 3.13. The highest BCUT2D eigenvalue weighted by molar-refractivity contribution is 7.89.